The maximum atomic E-state index is 11.6. The van der Waals surface area contributed by atoms with Gasteiger partial charge in [-0.05, 0) is 38.0 Å². The van der Waals surface area contributed by atoms with Crippen LogP contribution in [0, 0.1) is 11.8 Å². The number of carbonyl (C=O) groups excluding carboxylic acids is 1. The van der Waals surface area contributed by atoms with Gasteiger partial charge in [0.2, 0.25) is 5.91 Å². The molecule has 0 bridgehead atoms. The minimum absolute atomic E-state index is 0.345. The lowest BCUT2D eigenvalue weighted by Crippen LogP contribution is -2.46. The van der Waals surface area contributed by atoms with Gasteiger partial charge in [-0.15, -0.1) is 0 Å². The lowest BCUT2D eigenvalue weighted by Gasteiger charge is -2.34. The van der Waals surface area contributed by atoms with E-state index in [-0.39, 0.29) is 0 Å². The average Bonchev–Trinajstić information content (AvgIpc) is 2.75. The van der Waals surface area contributed by atoms with Gasteiger partial charge in [-0.25, -0.2) is 0 Å². The Bertz CT molecular complexity index is 303. The van der Waals surface area contributed by atoms with E-state index < -0.39 is 0 Å². The fourth-order valence-electron chi connectivity index (χ4n) is 3.67. The molecule has 2 fully saturated rings. The maximum absolute atomic E-state index is 11.6. The van der Waals surface area contributed by atoms with Gasteiger partial charge in [0, 0.05) is 31.6 Å². The number of carbonyl (C=O) groups is 1. The molecule has 0 aromatic heterocycles. The van der Waals surface area contributed by atoms with Crippen molar-refractivity contribution >= 4 is 5.91 Å². The zero-order valence-corrected chi connectivity index (χ0v) is 12.8. The molecule has 1 N–H and O–H groups in total. The molecule has 1 saturated carbocycles. The lowest BCUT2D eigenvalue weighted by molar-refractivity contribution is -0.128. The fraction of sp³-hybridized carbons (Fsp3) is 0.938. The SMILES string of the molecule is CC(CN1CCCC1=O)NC1CCCC(C(C)C)C1. The van der Waals surface area contributed by atoms with Crippen LogP contribution in [0.1, 0.15) is 59.3 Å². The molecule has 0 aromatic carbocycles. The average molecular weight is 266 g/mol. The molecule has 1 amide bonds. The van der Waals surface area contributed by atoms with Gasteiger partial charge in [-0.1, -0.05) is 26.7 Å². The van der Waals surface area contributed by atoms with Crippen molar-refractivity contribution in [2.75, 3.05) is 13.1 Å². The van der Waals surface area contributed by atoms with Crippen LogP contribution in [0.5, 0.6) is 0 Å². The summed E-state index contributed by atoms with van der Waals surface area (Å²) in [4.78, 5) is 13.7. The third kappa shape index (κ3) is 4.20. The van der Waals surface area contributed by atoms with Crippen molar-refractivity contribution < 1.29 is 4.79 Å². The standard InChI is InChI=1S/C16H30N2O/c1-12(2)14-6-4-7-15(10-14)17-13(3)11-18-9-5-8-16(18)19/h12-15,17H,4-11H2,1-3H3. The van der Waals surface area contributed by atoms with Gasteiger partial charge < -0.3 is 10.2 Å². The molecule has 3 unspecified atom stereocenters. The number of amides is 1. The molecule has 1 saturated heterocycles. The molecular weight excluding hydrogens is 236 g/mol. The first kappa shape index (κ1) is 14.8. The summed E-state index contributed by atoms with van der Waals surface area (Å²) in [5, 5.41) is 3.76. The predicted molar refractivity (Wildman–Crippen MR) is 79.0 cm³/mol. The molecule has 1 aliphatic carbocycles. The second-order valence-corrected chi connectivity index (χ2v) is 6.88. The highest BCUT2D eigenvalue weighted by Crippen LogP contribution is 2.30. The quantitative estimate of drug-likeness (QED) is 0.830. The van der Waals surface area contributed by atoms with Gasteiger partial charge in [-0.2, -0.15) is 0 Å². The third-order valence-corrected chi connectivity index (χ3v) is 4.84. The van der Waals surface area contributed by atoms with Gasteiger partial charge >= 0.3 is 0 Å². The van der Waals surface area contributed by atoms with Gasteiger partial charge in [0.1, 0.15) is 0 Å². The topological polar surface area (TPSA) is 32.3 Å². The Hall–Kier alpha value is -0.570. The van der Waals surface area contributed by atoms with Crippen LogP contribution >= 0.6 is 0 Å². The zero-order valence-electron chi connectivity index (χ0n) is 12.8. The van der Waals surface area contributed by atoms with E-state index in [1.54, 1.807) is 0 Å². The summed E-state index contributed by atoms with van der Waals surface area (Å²) in [5.41, 5.74) is 0. The van der Waals surface area contributed by atoms with Gasteiger partial charge in [0.05, 0.1) is 0 Å². The molecule has 19 heavy (non-hydrogen) atoms. The van der Waals surface area contributed by atoms with E-state index in [4.69, 9.17) is 0 Å². The number of rotatable bonds is 5. The van der Waals surface area contributed by atoms with Gasteiger partial charge in [0.25, 0.3) is 0 Å². The molecule has 3 nitrogen and oxygen atoms in total. The Balaban J connectivity index is 1.75. The van der Waals surface area contributed by atoms with Crippen LogP contribution in [0.4, 0.5) is 0 Å². The van der Waals surface area contributed by atoms with Crippen molar-refractivity contribution in [3.63, 3.8) is 0 Å². The van der Waals surface area contributed by atoms with E-state index in [1.807, 2.05) is 4.90 Å². The molecule has 0 aromatic rings. The van der Waals surface area contributed by atoms with Crippen LogP contribution in [0.2, 0.25) is 0 Å². The minimum Gasteiger partial charge on any atom is -0.341 e. The van der Waals surface area contributed by atoms with E-state index in [2.05, 4.69) is 26.1 Å². The maximum Gasteiger partial charge on any atom is 0.222 e. The first-order valence-electron chi connectivity index (χ1n) is 8.10. The van der Waals surface area contributed by atoms with Gasteiger partial charge in [-0.3, -0.25) is 4.79 Å². The van der Waals surface area contributed by atoms with E-state index in [0.29, 0.717) is 18.0 Å². The number of nitrogens with zero attached hydrogens (tertiary/aromatic N) is 1. The molecule has 1 aliphatic heterocycles. The van der Waals surface area contributed by atoms with Crippen molar-refractivity contribution in [3.8, 4) is 0 Å². The van der Waals surface area contributed by atoms with Gasteiger partial charge in [0.15, 0.2) is 0 Å². The van der Waals surface area contributed by atoms with E-state index in [0.717, 1.165) is 37.8 Å². The molecule has 2 rings (SSSR count). The number of likely N-dealkylation sites (tertiary alicyclic amines) is 1. The molecule has 3 heteroatoms. The highest BCUT2D eigenvalue weighted by molar-refractivity contribution is 5.78. The van der Waals surface area contributed by atoms with Crippen LogP contribution in [0.25, 0.3) is 0 Å². The zero-order chi connectivity index (χ0) is 13.8. The Morgan fingerprint density at radius 2 is 2.05 bits per heavy atom. The summed E-state index contributed by atoms with van der Waals surface area (Å²) in [7, 11) is 0. The molecule has 2 aliphatic rings. The van der Waals surface area contributed by atoms with E-state index >= 15 is 0 Å². The summed E-state index contributed by atoms with van der Waals surface area (Å²) in [6.07, 6.45) is 7.18. The first-order chi connectivity index (χ1) is 9.06. The summed E-state index contributed by atoms with van der Waals surface area (Å²) in [6, 6.07) is 1.09. The Labute approximate surface area is 118 Å². The van der Waals surface area contributed by atoms with Crippen molar-refractivity contribution in [2.24, 2.45) is 11.8 Å². The summed E-state index contributed by atoms with van der Waals surface area (Å²) in [6.45, 7) is 8.77. The van der Waals surface area contributed by atoms with Crippen molar-refractivity contribution in [2.45, 2.75) is 71.4 Å². The molecule has 0 radical (unpaired) electrons. The highest BCUT2D eigenvalue weighted by atomic mass is 16.2. The fourth-order valence-corrected chi connectivity index (χ4v) is 3.67. The summed E-state index contributed by atoms with van der Waals surface area (Å²) < 4.78 is 0. The molecule has 0 spiro atoms. The normalized spacial score (nSPS) is 30.1. The Kier molecular flexibility index (Phi) is 5.26. The lowest BCUT2D eigenvalue weighted by atomic mass is 9.79. The molecule has 3 atom stereocenters. The number of hydrogen-bond acceptors (Lipinski definition) is 2. The number of hydrogen-bond donors (Lipinski definition) is 1. The first-order valence-corrected chi connectivity index (χ1v) is 8.10. The highest BCUT2D eigenvalue weighted by Gasteiger charge is 2.26. The third-order valence-electron chi connectivity index (χ3n) is 4.84. The van der Waals surface area contributed by atoms with Crippen LogP contribution in [-0.2, 0) is 4.79 Å². The molecular formula is C16H30N2O. The summed E-state index contributed by atoms with van der Waals surface area (Å²) in [5.74, 6) is 2.03. The van der Waals surface area contributed by atoms with E-state index in [1.165, 1.54) is 25.7 Å². The van der Waals surface area contributed by atoms with Crippen molar-refractivity contribution in [3.05, 3.63) is 0 Å². The van der Waals surface area contributed by atoms with Crippen molar-refractivity contribution in [1.29, 1.82) is 0 Å². The smallest absolute Gasteiger partial charge is 0.222 e. The van der Waals surface area contributed by atoms with E-state index in [9.17, 15) is 4.79 Å². The second kappa shape index (κ2) is 6.74. The van der Waals surface area contributed by atoms with Crippen LogP contribution in [-0.4, -0.2) is 36.0 Å². The van der Waals surface area contributed by atoms with Crippen LogP contribution < -0.4 is 5.32 Å². The molecule has 110 valence electrons. The molecule has 1 heterocycles. The second-order valence-electron chi connectivity index (χ2n) is 6.88. The van der Waals surface area contributed by atoms with Crippen LogP contribution in [0.15, 0.2) is 0 Å². The monoisotopic (exact) mass is 266 g/mol. The summed E-state index contributed by atoms with van der Waals surface area (Å²) >= 11 is 0. The minimum atomic E-state index is 0.345. The predicted octanol–water partition coefficient (Wildman–Crippen LogP) is 2.80. The largest absolute Gasteiger partial charge is 0.341 e. The Morgan fingerprint density at radius 1 is 1.26 bits per heavy atom. The Morgan fingerprint density at radius 3 is 2.68 bits per heavy atom. The van der Waals surface area contributed by atoms with Crippen molar-refractivity contribution in [1.82, 2.24) is 10.2 Å². The van der Waals surface area contributed by atoms with Crippen LogP contribution in [0.3, 0.4) is 0 Å². The number of nitrogens with one attached hydrogen (secondary N) is 1.